The molecule has 0 unspecified atom stereocenters. The Labute approximate surface area is 114 Å². The van der Waals surface area contributed by atoms with Gasteiger partial charge in [0.05, 0.1) is 7.11 Å². The molecule has 4 heteroatoms. The molecule has 2 N–H and O–H groups in total. The standard InChI is InChI=1S/C15H21N3O/c1-3-10-18(11-8-16)15-13-5-4-6-14(19-2)12(13)7-9-17-15/h4-7,9H,3,8,10-11,16H2,1-2H3. The van der Waals surface area contributed by atoms with Crippen LogP contribution in [-0.4, -0.2) is 31.7 Å². The maximum absolute atomic E-state index is 5.70. The third kappa shape index (κ3) is 2.79. The number of nitrogens with two attached hydrogens (primary N) is 1. The molecule has 0 radical (unpaired) electrons. The number of hydrogen-bond acceptors (Lipinski definition) is 4. The Balaban J connectivity index is 2.53. The second-order valence-electron chi connectivity index (χ2n) is 4.47. The van der Waals surface area contributed by atoms with E-state index in [9.17, 15) is 0 Å². The van der Waals surface area contributed by atoms with Gasteiger partial charge in [0.1, 0.15) is 11.6 Å². The smallest absolute Gasteiger partial charge is 0.136 e. The molecule has 4 nitrogen and oxygen atoms in total. The summed E-state index contributed by atoms with van der Waals surface area (Å²) in [5.41, 5.74) is 5.70. The summed E-state index contributed by atoms with van der Waals surface area (Å²) in [5.74, 6) is 1.87. The van der Waals surface area contributed by atoms with Gasteiger partial charge in [-0.1, -0.05) is 19.1 Å². The number of hydrogen-bond donors (Lipinski definition) is 1. The van der Waals surface area contributed by atoms with E-state index in [4.69, 9.17) is 10.5 Å². The van der Waals surface area contributed by atoms with E-state index in [0.717, 1.165) is 41.9 Å². The van der Waals surface area contributed by atoms with Crippen LogP contribution in [0.5, 0.6) is 5.75 Å². The monoisotopic (exact) mass is 259 g/mol. The van der Waals surface area contributed by atoms with Crippen LogP contribution in [0.25, 0.3) is 10.8 Å². The molecule has 0 saturated heterocycles. The van der Waals surface area contributed by atoms with Crippen LogP contribution in [-0.2, 0) is 0 Å². The number of anilines is 1. The topological polar surface area (TPSA) is 51.4 Å². The average Bonchev–Trinajstić information content (AvgIpc) is 2.46. The van der Waals surface area contributed by atoms with E-state index >= 15 is 0 Å². The molecule has 0 aliphatic heterocycles. The van der Waals surface area contributed by atoms with Crippen LogP contribution >= 0.6 is 0 Å². The van der Waals surface area contributed by atoms with Gasteiger partial charge in [0, 0.05) is 36.6 Å². The Kier molecular flexibility index (Phi) is 4.58. The van der Waals surface area contributed by atoms with Crippen molar-refractivity contribution in [3.05, 3.63) is 30.5 Å². The lowest BCUT2D eigenvalue weighted by atomic mass is 10.1. The predicted molar refractivity (Wildman–Crippen MR) is 79.9 cm³/mol. The van der Waals surface area contributed by atoms with Crippen molar-refractivity contribution in [1.29, 1.82) is 0 Å². The van der Waals surface area contributed by atoms with E-state index in [1.54, 1.807) is 7.11 Å². The van der Waals surface area contributed by atoms with Gasteiger partial charge in [-0.25, -0.2) is 4.98 Å². The van der Waals surface area contributed by atoms with Crippen molar-refractivity contribution in [3.63, 3.8) is 0 Å². The van der Waals surface area contributed by atoms with Gasteiger partial charge in [0.2, 0.25) is 0 Å². The highest BCUT2D eigenvalue weighted by atomic mass is 16.5. The summed E-state index contributed by atoms with van der Waals surface area (Å²) < 4.78 is 5.41. The molecule has 1 aromatic heterocycles. The molecule has 0 amide bonds. The van der Waals surface area contributed by atoms with Crippen molar-refractivity contribution in [2.24, 2.45) is 5.73 Å². The quantitative estimate of drug-likeness (QED) is 0.865. The summed E-state index contributed by atoms with van der Waals surface area (Å²) >= 11 is 0. The normalized spacial score (nSPS) is 10.7. The lowest BCUT2D eigenvalue weighted by Crippen LogP contribution is -2.30. The number of pyridine rings is 1. The molecule has 0 bridgehead atoms. The van der Waals surface area contributed by atoms with Crippen LogP contribution in [0.4, 0.5) is 5.82 Å². The first-order chi connectivity index (χ1) is 9.31. The third-order valence-corrected chi connectivity index (χ3v) is 3.16. The number of benzene rings is 1. The molecular formula is C15H21N3O. The molecule has 2 rings (SSSR count). The number of methoxy groups -OCH3 is 1. The lowest BCUT2D eigenvalue weighted by molar-refractivity contribution is 0.420. The van der Waals surface area contributed by atoms with Gasteiger partial charge in [0.25, 0.3) is 0 Å². The van der Waals surface area contributed by atoms with Gasteiger partial charge in [-0.05, 0) is 18.6 Å². The fraction of sp³-hybridized carbons (Fsp3) is 0.400. The summed E-state index contributed by atoms with van der Waals surface area (Å²) in [6.45, 7) is 4.56. The minimum atomic E-state index is 0.627. The zero-order valence-electron chi connectivity index (χ0n) is 11.6. The lowest BCUT2D eigenvalue weighted by Gasteiger charge is -2.24. The Morgan fingerprint density at radius 2 is 2.05 bits per heavy atom. The van der Waals surface area contributed by atoms with Crippen molar-refractivity contribution < 1.29 is 4.74 Å². The van der Waals surface area contributed by atoms with Crippen LogP contribution in [0.2, 0.25) is 0 Å². The van der Waals surface area contributed by atoms with Crippen LogP contribution in [0.3, 0.4) is 0 Å². The van der Waals surface area contributed by atoms with E-state index in [1.165, 1.54) is 0 Å². The summed E-state index contributed by atoms with van der Waals surface area (Å²) in [4.78, 5) is 6.77. The maximum atomic E-state index is 5.70. The zero-order valence-corrected chi connectivity index (χ0v) is 11.6. The molecule has 0 saturated carbocycles. The van der Waals surface area contributed by atoms with Crippen molar-refractivity contribution in [2.75, 3.05) is 31.6 Å². The van der Waals surface area contributed by atoms with Crippen molar-refractivity contribution in [1.82, 2.24) is 4.98 Å². The molecule has 2 aromatic rings. The highest BCUT2D eigenvalue weighted by Gasteiger charge is 2.12. The van der Waals surface area contributed by atoms with E-state index in [1.807, 2.05) is 24.4 Å². The molecule has 1 heterocycles. The molecule has 102 valence electrons. The fourth-order valence-electron chi connectivity index (χ4n) is 2.34. The molecule has 0 fully saturated rings. The van der Waals surface area contributed by atoms with Gasteiger partial charge >= 0.3 is 0 Å². The maximum Gasteiger partial charge on any atom is 0.136 e. The van der Waals surface area contributed by atoms with Gasteiger partial charge in [0.15, 0.2) is 0 Å². The molecule has 1 aromatic carbocycles. The van der Waals surface area contributed by atoms with Crippen LogP contribution in [0, 0.1) is 0 Å². The minimum absolute atomic E-state index is 0.627. The van der Waals surface area contributed by atoms with E-state index in [-0.39, 0.29) is 0 Å². The Hall–Kier alpha value is -1.81. The third-order valence-electron chi connectivity index (χ3n) is 3.16. The molecular weight excluding hydrogens is 238 g/mol. The summed E-state index contributed by atoms with van der Waals surface area (Å²) in [6.07, 6.45) is 2.90. The highest BCUT2D eigenvalue weighted by molar-refractivity contribution is 5.96. The largest absolute Gasteiger partial charge is 0.496 e. The van der Waals surface area contributed by atoms with Crippen molar-refractivity contribution in [3.8, 4) is 5.75 Å². The Morgan fingerprint density at radius 3 is 2.74 bits per heavy atom. The Morgan fingerprint density at radius 1 is 1.21 bits per heavy atom. The van der Waals surface area contributed by atoms with Gasteiger partial charge in [-0.15, -0.1) is 0 Å². The highest BCUT2D eigenvalue weighted by Crippen LogP contribution is 2.30. The first-order valence-corrected chi connectivity index (χ1v) is 6.68. The van der Waals surface area contributed by atoms with Crippen LogP contribution in [0.15, 0.2) is 30.5 Å². The molecule has 0 spiro atoms. The molecule has 0 aliphatic carbocycles. The van der Waals surface area contributed by atoms with Crippen LogP contribution < -0.4 is 15.4 Å². The van der Waals surface area contributed by atoms with E-state index < -0.39 is 0 Å². The summed E-state index contributed by atoms with van der Waals surface area (Å²) in [7, 11) is 1.69. The number of rotatable bonds is 6. The number of aromatic nitrogens is 1. The molecule has 0 atom stereocenters. The fourth-order valence-corrected chi connectivity index (χ4v) is 2.34. The second-order valence-corrected chi connectivity index (χ2v) is 4.47. The summed E-state index contributed by atoms with van der Waals surface area (Å²) in [6, 6.07) is 8.04. The summed E-state index contributed by atoms with van der Waals surface area (Å²) in [5, 5.41) is 2.21. The number of nitrogens with zero attached hydrogens (tertiary/aromatic N) is 2. The zero-order chi connectivity index (χ0) is 13.7. The first-order valence-electron chi connectivity index (χ1n) is 6.68. The van der Waals surface area contributed by atoms with Crippen molar-refractivity contribution in [2.45, 2.75) is 13.3 Å². The minimum Gasteiger partial charge on any atom is -0.496 e. The van der Waals surface area contributed by atoms with Crippen LogP contribution in [0.1, 0.15) is 13.3 Å². The van der Waals surface area contributed by atoms with Gasteiger partial charge < -0.3 is 15.4 Å². The van der Waals surface area contributed by atoms with Gasteiger partial charge in [-0.2, -0.15) is 0 Å². The molecule has 0 aliphatic rings. The SMILES string of the molecule is CCCN(CCN)c1nccc2c(OC)cccc12. The molecule has 19 heavy (non-hydrogen) atoms. The predicted octanol–water partition coefficient (Wildman–Crippen LogP) is 2.42. The van der Waals surface area contributed by atoms with E-state index in [0.29, 0.717) is 6.54 Å². The van der Waals surface area contributed by atoms with Crippen molar-refractivity contribution >= 4 is 16.6 Å². The first kappa shape index (κ1) is 13.6. The second kappa shape index (κ2) is 6.38. The average molecular weight is 259 g/mol. The Bertz CT molecular complexity index is 536. The van der Waals surface area contributed by atoms with E-state index in [2.05, 4.69) is 22.9 Å². The number of ether oxygens (including phenoxy) is 1. The number of fused-ring (bicyclic) bond motifs is 1. The van der Waals surface area contributed by atoms with Gasteiger partial charge in [-0.3, -0.25) is 0 Å².